The quantitative estimate of drug-likeness (QED) is 0.825. The highest BCUT2D eigenvalue weighted by atomic mass is 16.5. The van der Waals surface area contributed by atoms with Gasteiger partial charge in [0.1, 0.15) is 5.75 Å². The fourth-order valence-electron chi connectivity index (χ4n) is 2.01. The van der Waals surface area contributed by atoms with Crippen molar-refractivity contribution in [1.82, 2.24) is 0 Å². The van der Waals surface area contributed by atoms with Crippen LogP contribution in [-0.4, -0.2) is 11.7 Å². The van der Waals surface area contributed by atoms with E-state index in [-0.39, 0.29) is 6.10 Å². The van der Waals surface area contributed by atoms with E-state index in [0.717, 1.165) is 23.7 Å². The summed E-state index contributed by atoms with van der Waals surface area (Å²) in [6.07, 6.45) is 3.05. The SMILES string of the molecule is CCOc1ccc(C)cc1C(O)CC1CC1. The summed E-state index contributed by atoms with van der Waals surface area (Å²) in [5.41, 5.74) is 2.13. The van der Waals surface area contributed by atoms with Crippen molar-refractivity contribution in [3.63, 3.8) is 0 Å². The highest BCUT2D eigenvalue weighted by Crippen LogP contribution is 2.39. The monoisotopic (exact) mass is 220 g/mol. The molecule has 1 fully saturated rings. The maximum absolute atomic E-state index is 10.2. The van der Waals surface area contributed by atoms with Crippen LogP contribution in [0.5, 0.6) is 5.75 Å². The molecule has 1 atom stereocenters. The van der Waals surface area contributed by atoms with Gasteiger partial charge in [0.15, 0.2) is 0 Å². The number of aliphatic hydroxyl groups excluding tert-OH is 1. The topological polar surface area (TPSA) is 29.5 Å². The summed E-state index contributed by atoms with van der Waals surface area (Å²) in [5, 5.41) is 10.2. The maximum atomic E-state index is 10.2. The molecule has 1 aromatic rings. The van der Waals surface area contributed by atoms with Gasteiger partial charge in [0.2, 0.25) is 0 Å². The van der Waals surface area contributed by atoms with Crippen molar-refractivity contribution >= 4 is 0 Å². The van der Waals surface area contributed by atoms with E-state index < -0.39 is 0 Å². The van der Waals surface area contributed by atoms with E-state index in [1.165, 1.54) is 18.4 Å². The number of hydrogen-bond acceptors (Lipinski definition) is 2. The van der Waals surface area contributed by atoms with Gasteiger partial charge in [0.05, 0.1) is 12.7 Å². The molecule has 1 aliphatic carbocycles. The predicted octanol–water partition coefficient (Wildman–Crippen LogP) is 3.23. The smallest absolute Gasteiger partial charge is 0.125 e. The van der Waals surface area contributed by atoms with Gasteiger partial charge in [-0.15, -0.1) is 0 Å². The first-order valence-electron chi connectivity index (χ1n) is 6.12. The summed E-state index contributed by atoms with van der Waals surface area (Å²) < 4.78 is 5.56. The van der Waals surface area contributed by atoms with Gasteiger partial charge < -0.3 is 9.84 Å². The average Bonchev–Trinajstić information content (AvgIpc) is 3.05. The Bertz CT molecular complexity index is 356. The minimum Gasteiger partial charge on any atom is -0.493 e. The fourth-order valence-corrected chi connectivity index (χ4v) is 2.01. The Labute approximate surface area is 97.3 Å². The predicted molar refractivity (Wildman–Crippen MR) is 64.6 cm³/mol. The van der Waals surface area contributed by atoms with E-state index in [1.807, 2.05) is 32.0 Å². The van der Waals surface area contributed by atoms with Crippen LogP contribution in [0.2, 0.25) is 0 Å². The Balaban J connectivity index is 2.17. The molecule has 88 valence electrons. The summed E-state index contributed by atoms with van der Waals surface area (Å²) in [7, 11) is 0. The number of benzene rings is 1. The van der Waals surface area contributed by atoms with Crippen molar-refractivity contribution in [3.05, 3.63) is 29.3 Å². The van der Waals surface area contributed by atoms with Gasteiger partial charge in [0.25, 0.3) is 0 Å². The number of aliphatic hydroxyl groups is 1. The Kier molecular flexibility index (Phi) is 3.49. The van der Waals surface area contributed by atoms with Gasteiger partial charge in [0, 0.05) is 5.56 Å². The van der Waals surface area contributed by atoms with Gasteiger partial charge in [-0.25, -0.2) is 0 Å². The molecule has 1 saturated carbocycles. The molecule has 0 radical (unpaired) electrons. The number of aryl methyl sites for hydroxylation is 1. The second-order valence-corrected chi connectivity index (χ2v) is 4.67. The van der Waals surface area contributed by atoms with Crippen LogP contribution in [0, 0.1) is 12.8 Å². The van der Waals surface area contributed by atoms with Crippen LogP contribution in [0.4, 0.5) is 0 Å². The second-order valence-electron chi connectivity index (χ2n) is 4.67. The van der Waals surface area contributed by atoms with Crippen LogP contribution in [0.25, 0.3) is 0 Å². The van der Waals surface area contributed by atoms with Crippen LogP contribution < -0.4 is 4.74 Å². The van der Waals surface area contributed by atoms with E-state index in [1.54, 1.807) is 0 Å². The molecule has 0 amide bonds. The Hall–Kier alpha value is -1.02. The molecule has 0 aromatic heterocycles. The lowest BCUT2D eigenvalue weighted by Gasteiger charge is -2.16. The van der Waals surface area contributed by atoms with Gasteiger partial charge in [-0.3, -0.25) is 0 Å². The lowest BCUT2D eigenvalue weighted by atomic mass is 10.0. The number of rotatable bonds is 5. The summed E-state index contributed by atoms with van der Waals surface area (Å²) in [4.78, 5) is 0. The van der Waals surface area contributed by atoms with E-state index >= 15 is 0 Å². The molecular formula is C14H20O2. The molecule has 1 unspecified atom stereocenters. The average molecular weight is 220 g/mol. The number of hydrogen-bond donors (Lipinski definition) is 1. The molecule has 1 N–H and O–H groups in total. The molecule has 0 aliphatic heterocycles. The standard InChI is InChI=1S/C14H20O2/c1-3-16-14-7-4-10(2)8-12(14)13(15)9-11-5-6-11/h4,7-8,11,13,15H,3,5-6,9H2,1-2H3. The normalized spacial score (nSPS) is 17.2. The molecule has 1 aromatic carbocycles. The minimum atomic E-state index is -0.367. The molecule has 2 nitrogen and oxygen atoms in total. The first-order chi connectivity index (χ1) is 7.70. The molecule has 0 spiro atoms. The maximum Gasteiger partial charge on any atom is 0.125 e. The van der Waals surface area contributed by atoms with Crippen LogP contribution in [0.1, 0.15) is 43.4 Å². The van der Waals surface area contributed by atoms with Crippen LogP contribution in [0.3, 0.4) is 0 Å². The molecule has 0 bridgehead atoms. The van der Waals surface area contributed by atoms with Crippen molar-refractivity contribution < 1.29 is 9.84 Å². The lowest BCUT2D eigenvalue weighted by Crippen LogP contribution is -2.04. The van der Waals surface area contributed by atoms with Crippen molar-refractivity contribution in [2.45, 2.75) is 39.2 Å². The van der Waals surface area contributed by atoms with E-state index in [0.29, 0.717) is 6.61 Å². The van der Waals surface area contributed by atoms with E-state index in [9.17, 15) is 5.11 Å². The molecule has 1 aliphatic rings. The third kappa shape index (κ3) is 2.76. The zero-order chi connectivity index (χ0) is 11.5. The van der Waals surface area contributed by atoms with Gasteiger partial charge >= 0.3 is 0 Å². The molecule has 0 heterocycles. The summed E-state index contributed by atoms with van der Waals surface area (Å²) in [6, 6.07) is 6.03. The largest absolute Gasteiger partial charge is 0.493 e. The third-order valence-corrected chi connectivity index (χ3v) is 3.08. The highest BCUT2D eigenvalue weighted by Gasteiger charge is 2.26. The van der Waals surface area contributed by atoms with Crippen molar-refractivity contribution in [1.29, 1.82) is 0 Å². The summed E-state index contributed by atoms with van der Waals surface area (Å²) in [6.45, 7) is 4.66. The van der Waals surface area contributed by atoms with E-state index in [4.69, 9.17) is 4.74 Å². The van der Waals surface area contributed by atoms with Crippen LogP contribution in [-0.2, 0) is 0 Å². The zero-order valence-electron chi connectivity index (χ0n) is 10.1. The summed E-state index contributed by atoms with van der Waals surface area (Å²) in [5.74, 6) is 1.56. The number of ether oxygens (including phenoxy) is 1. The third-order valence-electron chi connectivity index (χ3n) is 3.08. The lowest BCUT2D eigenvalue weighted by molar-refractivity contribution is 0.155. The van der Waals surface area contributed by atoms with Crippen LogP contribution >= 0.6 is 0 Å². The molecule has 2 heteroatoms. The minimum absolute atomic E-state index is 0.367. The van der Waals surface area contributed by atoms with Gasteiger partial charge in [-0.1, -0.05) is 24.5 Å². The van der Waals surface area contributed by atoms with Crippen molar-refractivity contribution in [2.75, 3.05) is 6.61 Å². The highest BCUT2D eigenvalue weighted by molar-refractivity contribution is 5.38. The van der Waals surface area contributed by atoms with Crippen molar-refractivity contribution in [2.24, 2.45) is 5.92 Å². The Morgan fingerprint density at radius 1 is 1.44 bits per heavy atom. The van der Waals surface area contributed by atoms with Gasteiger partial charge in [-0.2, -0.15) is 0 Å². The van der Waals surface area contributed by atoms with Crippen LogP contribution in [0.15, 0.2) is 18.2 Å². The van der Waals surface area contributed by atoms with Gasteiger partial charge in [-0.05, 0) is 38.3 Å². The first-order valence-corrected chi connectivity index (χ1v) is 6.12. The molecular weight excluding hydrogens is 200 g/mol. The Morgan fingerprint density at radius 3 is 2.81 bits per heavy atom. The zero-order valence-corrected chi connectivity index (χ0v) is 10.1. The Morgan fingerprint density at radius 2 is 2.19 bits per heavy atom. The molecule has 0 saturated heterocycles. The second kappa shape index (κ2) is 4.88. The first kappa shape index (κ1) is 11.5. The summed E-state index contributed by atoms with van der Waals surface area (Å²) >= 11 is 0. The van der Waals surface area contributed by atoms with Crippen molar-refractivity contribution in [3.8, 4) is 5.75 Å². The fraction of sp³-hybridized carbons (Fsp3) is 0.571. The van der Waals surface area contributed by atoms with E-state index in [2.05, 4.69) is 0 Å². The molecule has 2 rings (SSSR count). The molecule has 16 heavy (non-hydrogen) atoms.